The van der Waals surface area contributed by atoms with E-state index in [0.717, 1.165) is 10.5 Å². The fourth-order valence-electron chi connectivity index (χ4n) is 2.22. The van der Waals surface area contributed by atoms with E-state index in [1.165, 1.54) is 11.8 Å². The van der Waals surface area contributed by atoms with Crippen molar-refractivity contribution in [2.75, 3.05) is 27.1 Å². The minimum Gasteiger partial charge on any atom is -0.493 e. The largest absolute Gasteiger partial charge is 0.493 e. The van der Waals surface area contributed by atoms with Gasteiger partial charge in [0.2, 0.25) is 11.7 Å². The normalized spacial score (nSPS) is 10.3. The maximum Gasteiger partial charge on any atom is 0.230 e. The highest BCUT2D eigenvalue weighted by atomic mass is 35.5. The lowest BCUT2D eigenvalue weighted by Gasteiger charge is -2.14. The lowest BCUT2D eigenvalue weighted by molar-refractivity contribution is -0.118. The van der Waals surface area contributed by atoms with E-state index >= 15 is 0 Å². The molecule has 140 valence electrons. The van der Waals surface area contributed by atoms with Crippen LogP contribution in [0.3, 0.4) is 0 Å². The zero-order valence-corrected chi connectivity index (χ0v) is 16.9. The molecule has 0 aliphatic rings. The number of benzene rings is 2. The Bertz CT molecular complexity index is 761. The standard InChI is InChI=1S/C18H19Cl2NO4S/c1-23-14-6-11(7-15(24-2)18(14)25-3)9-21-17(22)10-26-16-8-12(19)4-5-13(16)20/h4-8H,9-10H2,1-3H3,(H,21,22). The van der Waals surface area contributed by atoms with E-state index in [1.807, 2.05) is 0 Å². The van der Waals surface area contributed by atoms with Gasteiger partial charge in [-0.2, -0.15) is 0 Å². The maximum atomic E-state index is 12.1. The molecule has 0 spiro atoms. The van der Waals surface area contributed by atoms with Crippen LogP contribution in [0.15, 0.2) is 35.2 Å². The summed E-state index contributed by atoms with van der Waals surface area (Å²) in [5.41, 5.74) is 0.832. The van der Waals surface area contributed by atoms with Crippen molar-refractivity contribution in [1.29, 1.82) is 0 Å². The van der Waals surface area contributed by atoms with Gasteiger partial charge in [-0.05, 0) is 35.9 Å². The Labute approximate surface area is 166 Å². The van der Waals surface area contributed by atoms with Crippen LogP contribution in [0.4, 0.5) is 0 Å². The van der Waals surface area contributed by atoms with Gasteiger partial charge in [0.15, 0.2) is 11.5 Å². The van der Waals surface area contributed by atoms with Crippen LogP contribution in [-0.2, 0) is 11.3 Å². The summed E-state index contributed by atoms with van der Waals surface area (Å²) in [5.74, 6) is 1.69. The molecule has 0 bridgehead atoms. The summed E-state index contributed by atoms with van der Waals surface area (Å²) in [5, 5.41) is 4.00. The molecule has 5 nitrogen and oxygen atoms in total. The van der Waals surface area contributed by atoms with Gasteiger partial charge in [0.25, 0.3) is 0 Å². The van der Waals surface area contributed by atoms with Gasteiger partial charge >= 0.3 is 0 Å². The summed E-state index contributed by atoms with van der Waals surface area (Å²) in [6, 6.07) is 8.74. The second-order valence-corrected chi connectivity index (χ2v) is 7.03. The van der Waals surface area contributed by atoms with Crippen LogP contribution in [0.2, 0.25) is 10.0 Å². The molecule has 0 fully saturated rings. The average Bonchev–Trinajstić information content (AvgIpc) is 2.65. The van der Waals surface area contributed by atoms with Gasteiger partial charge in [0, 0.05) is 16.5 Å². The first-order valence-electron chi connectivity index (χ1n) is 7.62. The van der Waals surface area contributed by atoms with Crippen LogP contribution in [0, 0.1) is 0 Å². The number of thioether (sulfide) groups is 1. The molecule has 0 saturated carbocycles. The van der Waals surface area contributed by atoms with Crippen molar-refractivity contribution in [1.82, 2.24) is 5.32 Å². The third-order valence-corrected chi connectivity index (χ3v) is 5.20. The molecule has 2 rings (SSSR count). The molecule has 0 heterocycles. The Morgan fingerprint density at radius 2 is 1.69 bits per heavy atom. The molecule has 0 aliphatic heterocycles. The lowest BCUT2D eigenvalue weighted by Crippen LogP contribution is -2.24. The second-order valence-electron chi connectivity index (χ2n) is 5.17. The summed E-state index contributed by atoms with van der Waals surface area (Å²) < 4.78 is 15.9. The van der Waals surface area contributed by atoms with Crippen LogP contribution in [0.1, 0.15) is 5.56 Å². The van der Waals surface area contributed by atoms with Gasteiger partial charge in [-0.3, -0.25) is 4.79 Å². The highest BCUT2D eigenvalue weighted by molar-refractivity contribution is 8.00. The van der Waals surface area contributed by atoms with Crippen LogP contribution in [0.5, 0.6) is 17.2 Å². The first-order valence-corrected chi connectivity index (χ1v) is 9.36. The van der Waals surface area contributed by atoms with E-state index in [-0.39, 0.29) is 11.7 Å². The Morgan fingerprint density at radius 3 is 2.27 bits per heavy atom. The quantitative estimate of drug-likeness (QED) is 0.646. The summed E-state index contributed by atoms with van der Waals surface area (Å²) in [6.45, 7) is 0.333. The molecule has 0 radical (unpaired) electrons. The van der Waals surface area contributed by atoms with Crippen LogP contribution in [-0.4, -0.2) is 33.0 Å². The smallest absolute Gasteiger partial charge is 0.230 e. The number of carbonyl (C=O) groups excluding carboxylic acids is 1. The molecule has 2 aromatic carbocycles. The molecule has 26 heavy (non-hydrogen) atoms. The molecule has 2 aromatic rings. The summed E-state index contributed by atoms with van der Waals surface area (Å²) in [7, 11) is 4.63. The number of hydrogen-bond acceptors (Lipinski definition) is 5. The monoisotopic (exact) mass is 415 g/mol. The number of amides is 1. The van der Waals surface area contributed by atoms with Gasteiger partial charge in [0.1, 0.15) is 0 Å². The molecular formula is C18H19Cl2NO4S. The topological polar surface area (TPSA) is 56.8 Å². The number of hydrogen-bond donors (Lipinski definition) is 1. The lowest BCUT2D eigenvalue weighted by atomic mass is 10.2. The van der Waals surface area contributed by atoms with Crippen molar-refractivity contribution < 1.29 is 19.0 Å². The van der Waals surface area contributed by atoms with E-state index in [0.29, 0.717) is 33.8 Å². The molecule has 0 unspecified atom stereocenters. The fraction of sp³-hybridized carbons (Fsp3) is 0.278. The number of ether oxygens (including phenoxy) is 3. The first-order chi connectivity index (χ1) is 12.5. The van der Waals surface area contributed by atoms with E-state index in [4.69, 9.17) is 37.4 Å². The number of carbonyl (C=O) groups is 1. The van der Waals surface area contributed by atoms with Crippen molar-refractivity contribution in [3.8, 4) is 17.2 Å². The number of methoxy groups -OCH3 is 3. The van der Waals surface area contributed by atoms with Gasteiger partial charge in [-0.15, -0.1) is 11.8 Å². The zero-order valence-electron chi connectivity index (χ0n) is 14.6. The molecule has 1 N–H and O–H groups in total. The zero-order chi connectivity index (χ0) is 19.1. The van der Waals surface area contributed by atoms with E-state index in [1.54, 1.807) is 51.7 Å². The van der Waals surface area contributed by atoms with Crippen molar-refractivity contribution in [2.24, 2.45) is 0 Å². The number of nitrogens with one attached hydrogen (secondary N) is 1. The Morgan fingerprint density at radius 1 is 1.04 bits per heavy atom. The molecule has 1 amide bonds. The molecule has 0 saturated heterocycles. The van der Waals surface area contributed by atoms with Gasteiger partial charge in [-0.25, -0.2) is 0 Å². The van der Waals surface area contributed by atoms with Crippen molar-refractivity contribution >= 4 is 40.9 Å². The van der Waals surface area contributed by atoms with Crippen LogP contribution in [0.25, 0.3) is 0 Å². The fourth-order valence-corrected chi connectivity index (χ4v) is 3.54. The van der Waals surface area contributed by atoms with Gasteiger partial charge < -0.3 is 19.5 Å². The second kappa shape index (κ2) is 9.80. The number of rotatable bonds is 8. The van der Waals surface area contributed by atoms with Crippen LogP contribution < -0.4 is 19.5 Å². The minimum atomic E-state index is -0.125. The van der Waals surface area contributed by atoms with Crippen molar-refractivity contribution in [2.45, 2.75) is 11.4 Å². The Kier molecular flexibility index (Phi) is 7.75. The minimum absolute atomic E-state index is 0.125. The molecule has 8 heteroatoms. The van der Waals surface area contributed by atoms with Crippen molar-refractivity contribution in [3.05, 3.63) is 45.9 Å². The van der Waals surface area contributed by atoms with E-state index < -0.39 is 0 Å². The third kappa shape index (κ3) is 5.37. The highest BCUT2D eigenvalue weighted by Crippen LogP contribution is 2.38. The maximum absolute atomic E-state index is 12.1. The van der Waals surface area contributed by atoms with E-state index in [9.17, 15) is 4.79 Å². The summed E-state index contributed by atoms with van der Waals surface area (Å²) in [6.07, 6.45) is 0. The predicted molar refractivity (Wildman–Crippen MR) is 105 cm³/mol. The molecular weight excluding hydrogens is 397 g/mol. The summed E-state index contributed by atoms with van der Waals surface area (Å²) in [4.78, 5) is 12.9. The van der Waals surface area contributed by atoms with Crippen molar-refractivity contribution in [3.63, 3.8) is 0 Å². The van der Waals surface area contributed by atoms with Crippen LogP contribution >= 0.6 is 35.0 Å². The average molecular weight is 416 g/mol. The van der Waals surface area contributed by atoms with E-state index in [2.05, 4.69) is 5.32 Å². The first kappa shape index (κ1) is 20.6. The molecule has 0 atom stereocenters. The number of halogens is 2. The molecule has 0 aromatic heterocycles. The molecule has 0 aliphatic carbocycles. The Balaban J connectivity index is 1.97. The predicted octanol–water partition coefficient (Wildman–Crippen LogP) is 4.43. The SMILES string of the molecule is COc1cc(CNC(=O)CSc2cc(Cl)ccc2Cl)cc(OC)c1OC. The Hall–Kier alpha value is -1.76. The highest BCUT2D eigenvalue weighted by Gasteiger charge is 2.14. The van der Waals surface area contributed by atoms with Gasteiger partial charge in [0.05, 0.1) is 32.1 Å². The van der Waals surface area contributed by atoms with Gasteiger partial charge in [-0.1, -0.05) is 23.2 Å². The summed E-state index contributed by atoms with van der Waals surface area (Å²) >= 11 is 13.4. The third-order valence-electron chi connectivity index (χ3n) is 3.47.